The van der Waals surface area contributed by atoms with Crippen LogP contribution < -0.4 is 0 Å². The van der Waals surface area contributed by atoms with Crippen LogP contribution in [-0.4, -0.2) is 35.0 Å². The number of fused-ring (bicyclic) bond motifs is 5. The molecular weight excluding hydrogens is 172 g/mol. The highest BCUT2D eigenvalue weighted by molar-refractivity contribution is 5.76. The molecule has 4 heteroatoms. The van der Waals surface area contributed by atoms with E-state index in [1.807, 2.05) is 0 Å². The third-order valence-electron chi connectivity index (χ3n) is 3.90. The highest BCUT2D eigenvalue weighted by Gasteiger charge is 2.63. The van der Waals surface area contributed by atoms with Crippen LogP contribution in [0, 0.1) is 23.7 Å². The molecule has 0 aromatic heterocycles. The van der Waals surface area contributed by atoms with Crippen molar-refractivity contribution in [2.24, 2.45) is 23.7 Å². The molecule has 2 N–H and O–H groups in total. The Hall–Kier alpha value is -0.610. The molecule has 6 atom stereocenters. The molecule has 0 aromatic rings. The molecule has 1 aliphatic heterocycles. The monoisotopic (exact) mass is 184 g/mol. The summed E-state index contributed by atoms with van der Waals surface area (Å²) >= 11 is 0. The second-order valence-electron chi connectivity index (χ2n) is 4.35. The van der Waals surface area contributed by atoms with E-state index in [9.17, 15) is 15.0 Å². The zero-order chi connectivity index (χ0) is 9.16. The van der Waals surface area contributed by atoms with Gasteiger partial charge in [0.05, 0.1) is 24.7 Å². The Morgan fingerprint density at radius 2 is 2.08 bits per heavy atom. The number of cyclic esters (lactones) is 1. The molecule has 0 unspecified atom stereocenters. The molecule has 2 bridgehead atoms. The maximum atomic E-state index is 11.3. The summed E-state index contributed by atoms with van der Waals surface area (Å²) in [6.45, 7) is 0.388. The van der Waals surface area contributed by atoms with Crippen LogP contribution in [0.2, 0.25) is 0 Å². The normalized spacial score (nSPS) is 58.2. The second kappa shape index (κ2) is 2.25. The van der Waals surface area contributed by atoms with Gasteiger partial charge in [-0.1, -0.05) is 0 Å². The highest BCUT2D eigenvalue weighted by Crippen LogP contribution is 2.55. The van der Waals surface area contributed by atoms with Crippen molar-refractivity contribution in [3.05, 3.63) is 0 Å². The van der Waals surface area contributed by atoms with E-state index >= 15 is 0 Å². The van der Waals surface area contributed by atoms with E-state index in [0.29, 0.717) is 13.0 Å². The van der Waals surface area contributed by atoms with Gasteiger partial charge in [0.15, 0.2) is 0 Å². The molecular formula is C9H12O4. The van der Waals surface area contributed by atoms with E-state index in [-0.39, 0.29) is 29.6 Å². The predicted molar refractivity (Wildman–Crippen MR) is 41.5 cm³/mol. The highest BCUT2D eigenvalue weighted by atomic mass is 16.5. The summed E-state index contributed by atoms with van der Waals surface area (Å²) in [4.78, 5) is 11.3. The van der Waals surface area contributed by atoms with Gasteiger partial charge in [-0.15, -0.1) is 0 Å². The molecule has 3 fully saturated rings. The minimum atomic E-state index is -0.488. The fourth-order valence-electron chi connectivity index (χ4n) is 3.38. The molecule has 0 radical (unpaired) electrons. The first-order valence-electron chi connectivity index (χ1n) is 4.73. The van der Waals surface area contributed by atoms with Gasteiger partial charge in [0.1, 0.15) is 0 Å². The first-order valence-corrected chi connectivity index (χ1v) is 4.73. The number of esters is 1. The van der Waals surface area contributed by atoms with Crippen LogP contribution in [0.3, 0.4) is 0 Å². The van der Waals surface area contributed by atoms with Crippen molar-refractivity contribution in [1.29, 1.82) is 0 Å². The Labute approximate surface area is 75.5 Å². The Balaban J connectivity index is 1.98. The maximum absolute atomic E-state index is 11.3. The van der Waals surface area contributed by atoms with Crippen molar-refractivity contribution in [2.75, 3.05) is 6.61 Å². The number of carbonyl (C=O) groups is 1. The van der Waals surface area contributed by atoms with Gasteiger partial charge in [-0.05, 0) is 6.42 Å². The van der Waals surface area contributed by atoms with Gasteiger partial charge >= 0.3 is 5.97 Å². The predicted octanol–water partition coefficient (Wildman–Crippen LogP) is -0.853. The molecule has 1 saturated heterocycles. The van der Waals surface area contributed by atoms with E-state index in [0.717, 1.165) is 0 Å². The average Bonchev–Trinajstić information content (AvgIpc) is 2.64. The van der Waals surface area contributed by atoms with Gasteiger partial charge in [0.2, 0.25) is 0 Å². The van der Waals surface area contributed by atoms with Crippen LogP contribution in [0.4, 0.5) is 0 Å². The van der Waals surface area contributed by atoms with Crippen molar-refractivity contribution in [2.45, 2.75) is 18.6 Å². The van der Waals surface area contributed by atoms with Crippen LogP contribution in [0.5, 0.6) is 0 Å². The minimum absolute atomic E-state index is 0.0556. The van der Waals surface area contributed by atoms with Crippen molar-refractivity contribution in [1.82, 2.24) is 0 Å². The number of hydrogen-bond donors (Lipinski definition) is 2. The lowest BCUT2D eigenvalue weighted by molar-refractivity contribution is -0.143. The standard InChI is InChI=1S/C9H12O4/c10-5-1-3-6-4(2-13-9(6)12)7(5)8(3)11/h3-8,10-11H,1-2H2/t3-,4-,5-,6-,7+,8-/m0/s1. The number of carbonyl (C=O) groups excluding carboxylic acids is 1. The fraction of sp³-hybridized carbons (Fsp3) is 0.889. The molecule has 2 saturated carbocycles. The second-order valence-corrected chi connectivity index (χ2v) is 4.35. The largest absolute Gasteiger partial charge is 0.465 e. The van der Waals surface area contributed by atoms with E-state index in [1.165, 1.54) is 0 Å². The average molecular weight is 184 g/mol. The molecule has 2 aliphatic carbocycles. The lowest BCUT2D eigenvalue weighted by atomic mass is 9.80. The fourth-order valence-corrected chi connectivity index (χ4v) is 3.38. The number of aliphatic hydroxyl groups is 2. The molecule has 3 rings (SSSR count). The molecule has 0 spiro atoms. The van der Waals surface area contributed by atoms with Crippen LogP contribution in [-0.2, 0) is 9.53 Å². The summed E-state index contributed by atoms with van der Waals surface area (Å²) in [6.07, 6.45) is -0.365. The quantitative estimate of drug-likeness (QED) is 0.481. The van der Waals surface area contributed by atoms with Gasteiger partial charge < -0.3 is 14.9 Å². The Morgan fingerprint density at radius 3 is 2.85 bits per heavy atom. The Morgan fingerprint density at radius 1 is 1.31 bits per heavy atom. The van der Waals surface area contributed by atoms with E-state index in [2.05, 4.69) is 0 Å². The number of ether oxygens (including phenoxy) is 1. The number of aliphatic hydroxyl groups excluding tert-OH is 2. The van der Waals surface area contributed by atoms with E-state index in [4.69, 9.17) is 4.74 Å². The van der Waals surface area contributed by atoms with Gasteiger partial charge in [-0.3, -0.25) is 4.79 Å². The Bertz CT molecular complexity index is 262. The lowest BCUT2D eigenvalue weighted by Gasteiger charge is -2.23. The van der Waals surface area contributed by atoms with Gasteiger partial charge in [0, 0.05) is 17.8 Å². The zero-order valence-corrected chi connectivity index (χ0v) is 7.09. The van der Waals surface area contributed by atoms with Gasteiger partial charge in [0.25, 0.3) is 0 Å². The van der Waals surface area contributed by atoms with Crippen LogP contribution >= 0.6 is 0 Å². The first kappa shape index (κ1) is 7.76. The number of rotatable bonds is 0. The first-order chi connectivity index (χ1) is 6.20. The van der Waals surface area contributed by atoms with Crippen molar-refractivity contribution >= 4 is 5.97 Å². The van der Waals surface area contributed by atoms with Crippen molar-refractivity contribution < 1.29 is 19.7 Å². The Kier molecular flexibility index (Phi) is 1.34. The number of hydrogen-bond acceptors (Lipinski definition) is 4. The lowest BCUT2D eigenvalue weighted by Crippen LogP contribution is -2.31. The molecule has 13 heavy (non-hydrogen) atoms. The van der Waals surface area contributed by atoms with Crippen LogP contribution in [0.1, 0.15) is 6.42 Å². The molecule has 1 heterocycles. The van der Waals surface area contributed by atoms with Gasteiger partial charge in [-0.25, -0.2) is 0 Å². The van der Waals surface area contributed by atoms with Crippen molar-refractivity contribution in [3.8, 4) is 0 Å². The summed E-state index contributed by atoms with van der Waals surface area (Å²) in [6, 6.07) is 0. The molecule has 0 aromatic carbocycles. The van der Waals surface area contributed by atoms with Crippen LogP contribution in [0.15, 0.2) is 0 Å². The molecule has 0 amide bonds. The minimum Gasteiger partial charge on any atom is -0.465 e. The zero-order valence-electron chi connectivity index (χ0n) is 7.09. The SMILES string of the molecule is O=C1OC[C@H]2[C@@H]1[C@@H]1C[C@H](O)[C@@H]2[C@H]1O. The van der Waals surface area contributed by atoms with Crippen molar-refractivity contribution in [3.63, 3.8) is 0 Å². The maximum Gasteiger partial charge on any atom is 0.309 e. The third kappa shape index (κ3) is 0.758. The summed E-state index contributed by atoms with van der Waals surface area (Å²) in [7, 11) is 0. The smallest absolute Gasteiger partial charge is 0.309 e. The topological polar surface area (TPSA) is 66.8 Å². The molecule has 4 nitrogen and oxygen atoms in total. The third-order valence-corrected chi connectivity index (χ3v) is 3.90. The van der Waals surface area contributed by atoms with Gasteiger partial charge in [-0.2, -0.15) is 0 Å². The molecule has 3 aliphatic rings. The summed E-state index contributed by atoms with van der Waals surface area (Å²) in [5.74, 6) is -0.426. The van der Waals surface area contributed by atoms with E-state index in [1.54, 1.807) is 0 Å². The van der Waals surface area contributed by atoms with Crippen LogP contribution in [0.25, 0.3) is 0 Å². The molecule has 72 valence electrons. The summed E-state index contributed by atoms with van der Waals surface area (Å²) in [5, 5.41) is 19.4. The van der Waals surface area contributed by atoms with E-state index < -0.39 is 12.2 Å². The summed E-state index contributed by atoms with van der Waals surface area (Å²) in [5.41, 5.74) is 0. The summed E-state index contributed by atoms with van der Waals surface area (Å²) < 4.78 is 4.94.